The average Bonchev–Trinajstić information content (AvgIpc) is 1.89. The lowest BCUT2D eigenvalue weighted by molar-refractivity contribution is 1.32. The zero-order chi connectivity index (χ0) is 6.69. The lowest BCUT2D eigenvalue weighted by Crippen LogP contribution is -1.82. The molecule has 46 valence electrons. The van der Waals surface area contributed by atoms with Crippen LogP contribution >= 0.6 is 11.6 Å². The summed E-state index contributed by atoms with van der Waals surface area (Å²) in [4.78, 5) is 3.76. The van der Waals surface area contributed by atoms with Crippen LogP contribution in [0.2, 0.25) is 5.15 Å². The van der Waals surface area contributed by atoms with Gasteiger partial charge in [-0.2, -0.15) is 0 Å². The van der Waals surface area contributed by atoms with Crippen molar-refractivity contribution in [3.05, 3.63) is 29.0 Å². The number of nitrogens with one attached hydrogen (secondary N) is 1. The molecule has 0 aliphatic heterocycles. The molecule has 2 nitrogen and oxygen atoms in total. The summed E-state index contributed by atoms with van der Waals surface area (Å²) in [5.74, 6) is 0. The van der Waals surface area contributed by atoms with Gasteiger partial charge in [0, 0.05) is 18.0 Å². The first-order chi connectivity index (χ1) is 4.34. The van der Waals surface area contributed by atoms with Gasteiger partial charge < -0.3 is 5.41 Å². The third-order valence-corrected chi connectivity index (χ3v) is 1.26. The van der Waals surface area contributed by atoms with Gasteiger partial charge in [0.2, 0.25) is 0 Å². The Hall–Kier alpha value is -0.890. The summed E-state index contributed by atoms with van der Waals surface area (Å²) >= 11 is 5.56. The van der Waals surface area contributed by atoms with E-state index in [0.29, 0.717) is 10.7 Å². The number of pyridine rings is 1. The molecule has 0 aromatic carbocycles. The molecule has 0 saturated carbocycles. The fourth-order valence-corrected chi connectivity index (χ4v) is 0.680. The first kappa shape index (κ1) is 6.23. The minimum Gasteiger partial charge on any atom is -0.308 e. The van der Waals surface area contributed by atoms with Crippen LogP contribution in [0.15, 0.2) is 18.3 Å². The van der Waals surface area contributed by atoms with E-state index in [4.69, 9.17) is 17.0 Å². The first-order valence-electron chi connectivity index (χ1n) is 2.45. The Morgan fingerprint density at radius 1 is 1.67 bits per heavy atom. The van der Waals surface area contributed by atoms with E-state index in [1.165, 1.54) is 6.21 Å². The number of hydrogen-bond acceptors (Lipinski definition) is 2. The number of halogens is 1. The molecular formula is C6H5ClN2. The Morgan fingerprint density at radius 2 is 2.44 bits per heavy atom. The first-order valence-corrected chi connectivity index (χ1v) is 2.83. The molecule has 0 saturated heterocycles. The standard InChI is InChI=1S/C6H5ClN2/c7-6-5(4-8)2-1-3-9-6/h1-4,8H. The van der Waals surface area contributed by atoms with Gasteiger partial charge in [-0.1, -0.05) is 11.6 Å². The smallest absolute Gasteiger partial charge is 0.137 e. The van der Waals surface area contributed by atoms with E-state index in [-0.39, 0.29) is 0 Å². The van der Waals surface area contributed by atoms with Crippen LogP contribution in [0.25, 0.3) is 0 Å². The highest BCUT2D eigenvalue weighted by molar-refractivity contribution is 6.31. The van der Waals surface area contributed by atoms with Crippen molar-refractivity contribution in [2.75, 3.05) is 0 Å². The molecular weight excluding hydrogens is 136 g/mol. The van der Waals surface area contributed by atoms with Crippen LogP contribution in [-0.2, 0) is 0 Å². The Balaban J connectivity index is 3.15. The molecule has 1 heterocycles. The van der Waals surface area contributed by atoms with Gasteiger partial charge in [-0.25, -0.2) is 4.98 Å². The van der Waals surface area contributed by atoms with Gasteiger partial charge in [0.25, 0.3) is 0 Å². The number of rotatable bonds is 1. The van der Waals surface area contributed by atoms with Crippen molar-refractivity contribution in [1.82, 2.24) is 4.98 Å². The SMILES string of the molecule is N=Cc1cccnc1Cl. The van der Waals surface area contributed by atoms with Crippen molar-refractivity contribution in [2.24, 2.45) is 0 Å². The topological polar surface area (TPSA) is 36.7 Å². The summed E-state index contributed by atoms with van der Waals surface area (Å²) in [5.41, 5.74) is 0.652. The Bertz CT molecular complexity index is 222. The Labute approximate surface area is 58.0 Å². The predicted molar refractivity (Wildman–Crippen MR) is 37.1 cm³/mol. The van der Waals surface area contributed by atoms with E-state index < -0.39 is 0 Å². The lowest BCUT2D eigenvalue weighted by Gasteiger charge is -1.90. The normalized spacial score (nSPS) is 9.00. The summed E-state index contributed by atoms with van der Waals surface area (Å²) < 4.78 is 0. The molecule has 0 fully saturated rings. The second kappa shape index (κ2) is 2.60. The van der Waals surface area contributed by atoms with Gasteiger partial charge in [-0.05, 0) is 12.1 Å². The van der Waals surface area contributed by atoms with E-state index in [2.05, 4.69) is 4.98 Å². The van der Waals surface area contributed by atoms with Gasteiger partial charge >= 0.3 is 0 Å². The maximum Gasteiger partial charge on any atom is 0.137 e. The predicted octanol–water partition coefficient (Wildman–Crippen LogP) is 1.73. The molecule has 0 spiro atoms. The van der Waals surface area contributed by atoms with Crippen LogP contribution in [0.3, 0.4) is 0 Å². The highest BCUT2D eigenvalue weighted by Crippen LogP contribution is 2.07. The van der Waals surface area contributed by atoms with Crippen molar-refractivity contribution < 1.29 is 0 Å². The second-order valence-electron chi connectivity index (χ2n) is 1.53. The number of hydrogen-bond donors (Lipinski definition) is 1. The van der Waals surface area contributed by atoms with Gasteiger partial charge in [0.15, 0.2) is 0 Å². The van der Waals surface area contributed by atoms with Gasteiger partial charge in [0.1, 0.15) is 5.15 Å². The largest absolute Gasteiger partial charge is 0.308 e. The van der Waals surface area contributed by atoms with Crippen LogP contribution in [0.1, 0.15) is 5.56 Å². The molecule has 1 N–H and O–H groups in total. The van der Waals surface area contributed by atoms with Crippen LogP contribution < -0.4 is 0 Å². The second-order valence-corrected chi connectivity index (χ2v) is 1.89. The molecule has 1 aromatic rings. The highest BCUT2D eigenvalue weighted by atomic mass is 35.5. The number of aromatic nitrogens is 1. The third kappa shape index (κ3) is 1.27. The molecule has 1 rings (SSSR count). The molecule has 0 atom stereocenters. The van der Waals surface area contributed by atoms with Gasteiger partial charge in [-0.15, -0.1) is 0 Å². The fourth-order valence-electron chi connectivity index (χ4n) is 0.506. The van der Waals surface area contributed by atoms with E-state index in [9.17, 15) is 0 Å². The summed E-state index contributed by atoms with van der Waals surface area (Å²) in [7, 11) is 0. The molecule has 0 amide bonds. The van der Waals surface area contributed by atoms with Crippen molar-refractivity contribution in [1.29, 1.82) is 5.41 Å². The monoisotopic (exact) mass is 140 g/mol. The van der Waals surface area contributed by atoms with E-state index >= 15 is 0 Å². The molecule has 1 aromatic heterocycles. The van der Waals surface area contributed by atoms with Crippen molar-refractivity contribution in [3.8, 4) is 0 Å². The quantitative estimate of drug-likeness (QED) is 0.468. The molecule has 9 heavy (non-hydrogen) atoms. The molecule has 0 bridgehead atoms. The maximum absolute atomic E-state index is 6.84. The lowest BCUT2D eigenvalue weighted by atomic mass is 10.3. The van der Waals surface area contributed by atoms with Crippen molar-refractivity contribution in [2.45, 2.75) is 0 Å². The van der Waals surface area contributed by atoms with Crippen molar-refractivity contribution >= 4 is 17.8 Å². The summed E-state index contributed by atoms with van der Waals surface area (Å²) in [5, 5.41) is 7.22. The van der Waals surface area contributed by atoms with E-state index in [1.54, 1.807) is 18.3 Å². The summed E-state index contributed by atoms with van der Waals surface area (Å²) in [6.07, 6.45) is 2.77. The van der Waals surface area contributed by atoms with Crippen LogP contribution in [0.4, 0.5) is 0 Å². The average molecular weight is 141 g/mol. The molecule has 0 radical (unpaired) electrons. The fraction of sp³-hybridized carbons (Fsp3) is 0. The van der Waals surface area contributed by atoms with E-state index in [1.807, 2.05) is 0 Å². The van der Waals surface area contributed by atoms with Gasteiger partial charge in [0.05, 0.1) is 0 Å². The Kier molecular flexibility index (Phi) is 1.80. The number of nitrogens with zero attached hydrogens (tertiary/aromatic N) is 1. The molecule has 0 unspecified atom stereocenters. The minimum absolute atomic E-state index is 0.382. The van der Waals surface area contributed by atoms with Crippen molar-refractivity contribution in [3.63, 3.8) is 0 Å². The van der Waals surface area contributed by atoms with Crippen LogP contribution in [0.5, 0.6) is 0 Å². The summed E-state index contributed by atoms with van der Waals surface area (Å²) in [6.45, 7) is 0. The Morgan fingerprint density at radius 3 is 2.89 bits per heavy atom. The maximum atomic E-state index is 6.84. The highest BCUT2D eigenvalue weighted by Gasteiger charge is 1.92. The zero-order valence-corrected chi connectivity index (χ0v) is 5.39. The van der Waals surface area contributed by atoms with Crippen LogP contribution in [0, 0.1) is 5.41 Å². The molecule has 3 heteroatoms. The van der Waals surface area contributed by atoms with Gasteiger partial charge in [-0.3, -0.25) is 0 Å². The molecule has 0 aliphatic carbocycles. The molecule has 0 aliphatic rings. The minimum atomic E-state index is 0.382. The zero-order valence-electron chi connectivity index (χ0n) is 4.63. The van der Waals surface area contributed by atoms with E-state index in [0.717, 1.165) is 0 Å². The third-order valence-electron chi connectivity index (χ3n) is 0.943. The summed E-state index contributed by atoms with van der Waals surface area (Å²) in [6, 6.07) is 3.48. The van der Waals surface area contributed by atoms with Crippen LogP contribution in [-0.4, -0.2) is 11.2 Å².